The molecule has 0 fully saturated rings. The summed E-state index contributed by atoms with van der Waals surface area (Å²) in [4.78, 5) is 18.0. The highest BCUT2D eigenvalue weighted by Crippen LogP contribution is 2.36. The lowest BCUT2D eigenvalue weighted by molar-refractivity contribution is 0.148. The van der Waals surface area contributed by atoms with Crippen molar-refractivity contribution in [2.45, 2.75) is 6.61 Å². The van der Waals surface area contributed by atoms with Crippen molar-refractivity contribution in [2.24, 2.45) is 0 Å². The minimum absolute atomic E-state index is 0.162. The molecule has 7 heteroatoms. The Kier molecular flexibility index (Phi) is 5.43. The van der Waals surface area contributed by atoms with E-state index < -0.39 is 6.09 Å². The molecule has 27 heavy (non-hydrogen) atoms. The molecule has 0 spiro atoms. The normalized spacial score (nSPS) is 10.3. The number of halogens is 1. The number of fused-ring (bicyclic) bond motifs is 1. The van der Waals surface area contributed by atoms with Gasteiger partial charge in [-0.2, -0.15) is 5.26 Å². The molecule has 2 aromatic carbocycles. The molecule has 3 aromatic rings. The molecule has 6 nitrogen and oxygen atoms in total. The number of methoxy groups -OCH3 is 1. The van der Waals surface area contributed by atoms with Gasteiger partial charge in [0.1, 0.15) is 18.4 Å². The van der Waals surface area contributed by atoms with Crippen molar-refractivity contribution in [1.82, 2.24) is 4.98 Å². The highest BCUT2D eigenvalue weighted by atomic mass is 35.5. The summed E-state index contributed by atoms with van der Waals surface area (Å²) in [6, 6.07) is 14.7. The first-order chi connectivity index (χ1) is 13.0. The van der Waals surface area contributed by atoms with Gasteiger partial charge in [0.25, 0.3) is 0 Å². The van der Waals surface area contributed by atoms with Crippen LogP contribution in [0.25, 0.3) is 10.9 Å². The van der Waals surface area contributed by atoms with Crippen molar-refractivity contribution in [3.05, 3.63) is 64.8 Å². The zero-order chi connectivity index (χ0) is 19.4. The van der Waals surface area contributed by atoms with Crippen molar-refractivity contribution < 1.29 is 14.3 Å². The molecular weight excluding hydrogens is 366 g/mol. The molecule has 0 aliphatic rings. The van der Waals surface area contributed by atoms with E-state index in [1.54, 1.807) is 19.2 Å². The highest BCUT2D eigenvalue weighted by Gasteiger charge is 2.19. The van der Waals surface area contributed by atoms with E-state index in [1.165, 1.54) is 18.2 Å². The molecule has 1 aromatic heterocycles. The first-order valence-electron chi connectivity index (χ1n) is 8.06. The first kappa shape index (κ1) is 18.5. The Labute approximate surface area is 161 Å². The van der Waals surface area contributed by atoms with Crippen LogP contribution in [0.3, 0.4) is 0 Å². The predicted octanol–water partition coefficient (Wildman–Crippen LogP) is 4.54. The number of aromatic nitrogens is 1. The topological polar surface area (TPSA) is 75.5 Å². The Morgan fingerprint density at radius 2 is 2.04 bits per heavy atom. The van der Waals surface area contributed by atoms with E-state index >= 15 is 0 Å². The van der Waals surface area contributed by atoms with Gasteiger partial charge in [-0.25, -0.2) is 4.79 Å². The molecule has 3 rings (SSSR count). The van der Waals surface area contributed by atoms with E-state index in [4.69, 9.17) is 26.3 Å². The maximum Gasteiger partial charge on any atom is 0.414 e. The van der Waals surface area contributed by atoms with Crippen LogP contribution in [0.4, 0.5) is 10.5 Å². The van der Waals surface area contributed by atoms with Crippen molar-refractivity contribution in [1.29, 1.82) is 5.26 Å². The average molecular weight is 382 g/mol. The molecule has 1 amide bonds. The summed E-state index contributed by atoms with van der Waals surface area (Å²) in [5.74, 6) is 0.417. The quantitative estimate of drug-likeness (QED) is 0.663. The summed E-state index contributed by atoms with van der Waals surface area (Å²) in [5, 5.41) is 9.96. The van der Waals surface area contributed by atoms with Crippen molar-refractivity contribution in [3.8, 4) is 11.8 Å². The number of hydrogen-bond acceptors (Lipinski definition) is 5. The summed E-state index contributed by atoms with van der Waals surface area (Å²) in [5.41, 5.74) is 2.19. The molecule has 0 N–H and O–H groups in total. The van der Waals surface area contributed by atoms with Crippen LogP contribution in [0.5, 0.6) is 5.75 Å². The van der Waals surface area contributed by atoms with E-state index in [2.05, 4.69) is 4.98 Å². The molecule has 0 bridgehead atoms. The summed E-state index contributed by atoms with van der Waals surface area (Å²) >= 11 is 6.26. The lowest BCUT2D eigenvalue weighted by Gasteiger charge is -2.20. The van der Waals surface area contributed by atoms with Gasteiger partial charge in [0.15, 0.2) is 0 Å². The van der Waals surface area contributed by atoms with Crippen LogP contribution in [-0.2, 0) is 11.3 Å². The minimum Gasteiger partial charge on any atom is -0.495 e. The monoisotopic (exact) mass is 381 g/mol. The van der Waals surface area contributed by atoms with Crippen molar-refractivity contribution in [3.63, 3.8) is 0 Å². The van der Waals surface area contributed by atoms with Gasteiger partial charge in [0.2, 0.25) is 0 Å². The number of carbonyl (C=O) groups excluding carboxylic acids is 1. The second kappa shape index (κ2) is 7.94. The standard InChI is InChI=1S/C20H16ClN3O3/c1-24(20(25)27-12-13-6-4-3-5-7-13)17-9-16-15(8-18(17)26-2)19(21)14(10-22)11-23-16/h3-9,11H,12H2,1-2H3. The Bertz CT molecular complexity index is 1030. The van der Waals surface area contributed by atoms with Crippen LogP contribution in [0.15, 0.2) is 48.7 Å². The number of carbonyl (C=O) groups is 1. The van der Waals surface area contributed by atoms with E-state index in [0.29, 0.717) is 27.4 Å². The largest absolute Gasteiger partial charge is 0.495 e. The van der Waals surface area contributed by atoms with Gasteiger partial charge in [-0.05, 0) is 17.7 Å². The molecule has 0 radical (unpaired) electrons. The minimum atomic E-state index is -0.531. The molecule has 0 aliphatic heterocycles. The average Bonchev–Trinajstić information content (AvgIpc) is 2.71. The van der Waals surface area contributed by atoms with E-state index in [1.807, 2.05) is 36.4 Å². The van der Waals surface area contributed by atoms with Crippen LogP contribution in [0.2, 0.25) is 5.02 Å². The number of anilines is 1. The Morgan fingerprint density at radius 3 is 2.70 bits per heavy atom. The lowest BCUT2D eigenvalue weighted by Crippen LogP contribution is -2.27. The van der Waals surface area contributed by atoms with Crippen LogP contribution in [-0.4, -0.2) is 25.2 Å². The van der Waals surface area contributed by atoms with Gasteiger partial charge in [0.05, 0.1) is 28.9 Å². The van der Waals surface area contributed by atoms with E-state index in [0.717, 1.165) is 5.56 Å². The first-order valence-corrected chi connectivity index (χ1v) is 8.43. The fourth-order valence-electron chi connectivity index (χ4n) is 2.59. The maximum atomic E-state index is 12.4. The Morgan fingerprint density at radius 1 is 1.30 bits per heavy atom. The highest BCUT2D eigenvalue weighted by molar-refractivity contribution is 6.36. The Hall–Kier alpha value is -3.30. The number of nitriles is 1. The predicted molar refractivity (Wildman–Crippen MR) is 103 cm³/mol. The number of pyridine rings is 1. The van der Waals surface area contributed by atoms with Crippen LogP contribution >= 0.6 is 11.6 Å². The van der Waals surface area contributed by atoms with Gasteiger partial charge in [-0.3, -0.25) is 9.88 Å². The van der Waals surface area contributed by atoms with Gasteiger partial charge in [0, 0.05) is 18.6 Å². The number of amides is 1. The number of rotatable bonds is 4. The molecule has 0 saturated heterocycles. The second-order valence-electron chi connectivity index (χ2n) is 5.74. The molecule has 0 aliphatic carbocycles. The lowest BCUT2D eigenvalue weighted by atomic mass is 10.1. The molecule has 0 atom stereocenters. The van der Waals surface area contributed by atoms with Gasteiger partial charge in [-0.15, -0.1) is 0 Å². The van der Waals surface area contributed by atoms with Crippen molar-refractivity contribution in [2.75, 3.05) is 19.1 Å². The summed E-state index contributed by atoms with van der Waals surface area (Å²) in [6.07, 6.45) is 0.866. The molecule has 0 unspecified atom stereocenters. The number of nitrogens with zero attached hydrogens (tertiary/aromatic N) is 3. The molecule has 1 heterocycles. The smallest absolute Gasteiger partial charge is 0.414 e. The van der Waals surface area contributed by atoms with Gasteiger partial charge < -0.3 is 9.47 Å². The van der Waals surface area contributed by atoms with Crippen LogP contribution < -0.4 is 9.64 Å². The van der Waals surface area contributed by atoms with E-state index in [-0.39, 0.29) is 12.2 Å². The SMILES string of the molecule is COc1cc2c(Cl)c(C#N)cnc2cc1N(C)C(=O)OCc1ccccc1. The van der Waals surface area contributed by atoms with Crippen LogP contribution in [0.1, 0.15) is 11.1 Å². The van der Waals surface area contributed by atoms with E-state index in [9.17, 15) is 4.79 Å². The number of hydrogen-bond donors (Lipinski definition) is 0. The van der Waals surface area contributed by atoms with Gasteiger partial charge >= 0.3 is 6.09 Å². The fraction of sp³-hybridized carbons (Fsp3) is 0.150. The van der Waals surface area contributed by atoms with Crippen LogP contribution in [0, 0.1) is 11.3 Å². The van der Waals surface area contributed by atoms with Gasteiger partial charge in [-0.1, -0.05) is 41.9 Å². The Balaban J connectivity index is 1.90. The third-order valence-electron chi connectivity index (χ3n) is 4.06. The summed E-state index contributed by atoms with van der Waals surface area (Å²) in [7, 11) is 3.07. The zero-order valence-corrected chi connectivity index (χ0v) is 15.5. The number of ether oxygens (including phenoxy) is 2. The number of benzene rings is 2. The van der Waals surface area contributed by atoms with Crippen molar-refractivity contribution >= 4 is 34.3 Å². The summed E-state index contributed by atoms with van der Waals surface area (Å²) < 4.78 is 10.8. The molecular formula is C20H16ClN3O3. The maximum absolute atomic E-state index is 12.4. The molecule has 136 valence electrons. The third kappa shape index (κ3) is 3.78. The molecule has 0 saturated carbocycles. The second-order valence-corrected chi connectivity index (χ2v) is 6.12. The summed E-state index contributed by atoms with van der Waals surface area (Å²) in [6.45, 7) is 0.162. The fourth-order valence-corrected chi connectivity index (χ4v) is 2.84. The third-order valence-corrected chi connectivity index (χ3v) is 4.47. The zero-order valence-electron chi connectivity index (χ0n) is 14.8.